The second-order valence-corrected chi connectivity index (χ2v) is 16.7. The molecule has 2 N–H and O–H groups in total. The fraction of sp³-hybridized carbons (Fsp3) is 0.514. The first-order valence-corrected chi connectivity index (χ1v) is 17.1. The Labute approximate surface area is 267 Å². The Hall–Kier alpha value is -3.50. The topological polar surface area (TPSA) is 122 Å². The Morgan fingerprint density at radius 1 is 1.07 bits per heavy atom. The number of ether oxygens (including phenoxy) is 1. The molecule has 1 aliphatic heterocycles. The lowest BCUT2D eigenvalue weighted by Gasteiger charge is -2.52. The smallest absolute Gasteiger partial charge is 0.264 e. The number of sulfonamides is 1. The molecule has 2 aromatic carbocycles. The van der Waals surface area contributed by atoms with Crippen LogP contribution in [0.2, 0.25) is 0 Å². The summed E-state index contributed by atoms with van der Waals surface area (Å²) in [5, 5.41) is 10.5. The first-order valence-electron chi connectivity index (χ1n) is 15.6. The number of aliphatic hydroxyl groups is 1. The number of anilines is 1. The molecule has 2 aliphatic rings. The van der Waals surface area contributed by atoms with E-state index in [-0.39, 0.29) is 57.7 Å². The predicted octanol–water partition coefficient (Wildman–Crippen LogP) is 6.53. The Bertz CT molecular complexity index is 1680. The largest absolute Gasteiger partial charge is 0.475 e. The zero-order valence-corrected chi connectivity index (χ0v) is 28.5. The van der Waals surface area contributed by atoms with Crippen molar-refractivity contribution in [3.05, 3.63) is 65.2 Å². The SMILES string of the molecule is Cc1cccc(C)c1-c1cc2nc(n1)NS(=O)(=O)c1cccc(c1)C(=O)N(C(C)CC1(C)CC(C)(O)C1)[C@H](CC(C)(C)C)CO2. The maximum absolute atomic E-state index is 14.5. The molecule has 242 valence electrons. The van der Waals surface area contributed by atoms with Crippen LogP contribution in [0.25, 0.3) is 11.3 Å². The fourth-order valence-corrected chi connectivity index (χ4v) is 8.60. The predicted molar refractivity (Wildman–Crippen MR) is 176 cm³/mol. The lowest BCUT2D eigenvalue weighted by Crippen LogP contribution is -2.55. The van der Waals surface area contributed by atoms with Crippen LogP contribution in [0.3, 0.4) is 0 Å². The number of aromatic nitrogens is 2. The molecule has 0 saturated heterocycles. The highest BCUT2D eigenvalue weighted by Gasteiger charge is 2.49. The first-order chi connectivity index (χ1) is 20.8. The standard InChI is InChI=1S/C35H46N4O5S/c1-22-11-9-12-23(2)30(22)28-16-29-37-32(36-28)38-45(42,43)27-14-10-13-25(15-27)31(40)39(26(19-44-29)18-33(4,5)6)24(3)17-34(7)20-35(8,41)21-34/h9-16,24,26,41H,17-21H2,1-8H3,(H,36,37,38)/t24?,26-,34?,35?/m1/s1. The van der Waals surface area contributed by atoms with Crippen LogP contribution in [0.15, 0.2) is 53.4 Å². The van der Waals surface area contributed by atoms with Gasteiger partial charge in [0.25, 0.3) is 15.9 Å². The number of benzene rings is 2. The van der Waals surface area contributed by atoms with Gasteiger partial charge >= 0.3 is 0 Å². The molecule has 2 heterocycles. The minimum absolute atomic E-state index is 0.0573. The lowest BCUT2D eigenvalue weighted by molar-refractivity contribution is -0.117. The normalized spacial score (nSPS) is 25.5. The van der Waals surface area contributed by atoms with E-state index in [2.05, 4.69) is 42.4 Å². The number of nitrogens with one attached hydrogen (secondary N) is 1. The average Bonchev–Trinajstić information content (AvgIpc) is 2.89. The molecule has 10 heteroatoms. The summed E-state index contributed by atoms with van der Waals surface area (Å²) in [6, 6.07) is 13.2. The van der Waals surface area contributed by atoms with Crippen molar-refractivity contribution < 1.29 is 23.1 Å². The fourth-order valence-electron chi connectivity index (χ4n) is 7.61. The minimum atomic E-state index is -4.15. The summed E-state index contributed by atoms with van der Waals surface area (Å²) in [5.41, 5.74) is 2.66. The summed E-state index contributed by atoms with van der Waals surface area (Å²) in [5.74, 6) is -0.156. The summed E-state index contributed by atoms with van der Waals surface area (Å²) in [6.07, 6.45) is 2.62. The molecular formula is C35H46N4O5S. The van der Waals surface area contributed by atoms with Crippen molar-refractivity contribution >= 4 is 21.9 Å². The quantitative estimate of drug-likeness (QED) is 0.327. The third-order valence-corrected chi connectivity index (χ3v) is 10.2. The third kappa shape index (κ3) is 7.33. The number of carbonyl (C=O) groups excluding carboxylic acids is 1. The average molecular weight is 635 g/mol. The molecule has 0 spiro atoms. The Morgan fingerprint density at radius 2 is 1.71 bits per heavy atom. The number of rotatable bonds is 5. The van der Waals surface area contributed by atoms with Crippen LogP contribution >= 0.6 is 0 Å². The number of aryl methyl sites for hydroxylation is 2. The molecule has 1 fully saturated rings. The summed E-state index contributed by atoms with van der Waals surface area (Å²) in [4.78, 5) is 25.4. The van der Waals surface area contributed by atoms with Gasteiger partial charge in [0.15, 0.2) is 0 Å². The van der Waals surface area contributed by atoms with Gasteiger partial charge in [-0.1, -0.05) is 52.0 Å². The molecule has 1 aliphatic carbocycles. The molecule has 45 heavy (non-hydrogen) atoms. The van der Waals surface area contributed by atoms with Gasteiger partial charge in [-0.3, -0.25) is 4.79 Å². The molecule has 2 atom stereocenters. The van der Waals surface area contributed by atoms with Crippen LogP contribution in [-0.2, 0) is 10.0 Å². The van der Waals surface area contributed by atoms with E-state index < -0.39 is 15.6 Å². The van der Waals surface area contributed by atoms with E-state index >= 15 is 0 Å². The summed E-state index contributed by atoms with van der Waals surface area (Å²) >= 11 is 0. The Balaban J connectivity index is 1.65. The van der Waals surface area contributed by atoms with Crippen molar-refractivity contribution in [2.75, 3.05) is 11.3 Å². The minimum Gasteiger partial charge on any atom is -0.475 e. The molecule has 3 aromatic rings. The van der Waals surface area contributed by atoms with E-state index in [0.717, 1.165) is 16.7 Å². The summed E-state index contributed by atoms with van der Waals surface area (Å²) in [7, 11) is -4.15. The van der Waals surface area contributed by atoms with Gasteiger partial charge in [-0.05, 0) is 93.5 Å². The Morgan fingerprint density at radius 3 is 2.33 bits per heavy atom. The highest BCUT2D eigenvalue weighted by molar-refractivity contribution is 7.92. The van der Waals surface area contributed by atoms with Crippen LogP contribution in [0.1, 0.15) is 88.7 Å². The van der Waals surface area contributed by atoms with Crippen LogP contribution in [0.5, 0.6) is 5.88 Å². The monoisotopic (exact) mass is 634 g/mol. The molecule has 5 rings (SSSR count). The van der Waals surface area contributed by atoms with E-state index in [1.54, 1.807) is 18.2 Å². The Kier molecular flexibility index (Phi) is 8.55. The van der Waals surface area contributed by atoms with Gasteiger partial charge in [0.2, 0.25) is 11.8 Å². The summed E-state index contributed by atoms with van der Waals surface area (Å²) in [6.45, 7) is 16.5. The van der Waals surface area contributed by atoms with Crippen LogP contribution < -0.4 is 9.46 Å². The number of carbonyl (C=O) groups is 1. The van der Waals surface area contributed by atoms with Gasteiger partial charge < -0.3 is 14.7 Å². The number of amides is 1. The van der Waals surface area contributed by atoms with Crippen molar-refractivity contribution in [1.29, 1.82) is 0 Å². The highest BCUT2D eigenvalue weighted by atomic mass is 32.2. The van der Waals surface area contributed by atoms with Crippen molar-refractivity contribution in [2.45, 2.75) is 104 Å². The van der Waals surface area contributed by atoms with Gasteiger partial charge in [0.1, 0.15) is 6.61 Å². The third-order valence-electron chi connectivity index (χ3n) is 8.83. The highest BCUT2D eigenvalue weighted by Crippen LogP contribution is 2.51. The van der Waals surface area contributed by atoms with E-state index in [9.17, 15) is 18.3 Å². The van der Waals surface area contributed by atoms with Crippen molar-refractivity contribution in [2.24, 2.45) is 10.8 Å². The van der Waals surface area contributed by atoms with E-state index in [4.69, 9.17) is 4.74 Å². The van der Waals surface area contributed by atoms with Gasteiger partial charge in [0.05, 0.1) is 22.2 Å². The van der Waals surface area contributed by atoms with Crippen molar-refractivity contribution in [3.63, 3.8) is 0 Å². The van der Waals surface area contributed by atoms with Gasteiger partial charge in [-0.15, -0.1) is 0 Å². The zero-order chi connectivity index (χ0) is 32.9. The van der Waals surface area contributed by atoms with Gasteiger partial charge in [-0.25, -0.2) is 18.1 Å². The zero-order valence-electron chi connectivity index (χ0n) is 27.6. The van der Waals surface area contributed by atoms with Crippen molar-refractivity contribution in [3.8, 4) is 17.1 Å². The number of hydrogen-bond donors (Lipinski definition) is 2. The summed E-state index contributed by atoms with van der Waals surface area (Å²) < 4.78 is 36.2. The first kappa shape index (κ1) is 32.9. The maximum atomic E-state index is 14.5. The molecule has 1 unspecified atom stereocenters. The van der Waals surface area contributed by atoms with Gasteiger partial charge in [-0.2, -0.15) is 4.98 Å². The molecule has 9 nitrogen and oxygen atoms in total. The van der Waals surface area contributed by atoms with E-state index in [1.165, 1.54) is 12.1 Å². The van der Waals surface area contributed by atoms with Gasteiger partial charge in [0, 0.05) is 23.2 Å². The molecule has 1 amide bonds. The van der Waals surface area contributed by atoms with Crippen LogP contribution in [0, 0.1) is 24.7 Å². The molecule has 1 saturated carbocycles. The van der Waals surface area contributed by atoms with Crippen LogP contribution in [-0.4, -0.2) is 58.6 Å². The molecule has 4 bridgehead atoms. The maximum Gasteiger partial charge on any atom is 0.264 e. The number of fused-ring (bicyclic) bond motifs is 4. The number of hydrogen-bond acceptors (Lipinski definition) is 7. The second-order valence-electron chi connectivity index (χ2n) is 15.0. The molecule has 0 radical (unpaired) electrons. The number of nitrogens with zero attached hydrogens (tertiary/aromatic N) is 3. The second kappa shape index (κ2) is 11.7. The van der Waals surface area contributed by atoms with Crippen LogP contribution in [0.4, 0.5) is 5.95 Å². The lowest BCUT2D eigenvalue weighted by atomic mass is 9.58. The molecular weight excluding hydrogens is 588 g/mol. The molecule has 1 aromatic heterocycles. The van der Waals surface area contributed by atoms with Crippen molar-refractivity contribution in [1.82, 2.24) is 14.9 Å². The van der Waals surface area contributed by atoms with E-state index in [1.807, 2.05) is 50.8 Å². The van der Waals surface area contributed by atoms with E-state index in [0.29, 0.717) is 31.4 Å².